The van der Waals surface area contributed by atoms with E-state index in [1.165, 1.54) is 53.4 Å². The van der Waals surface area contributed by atoms with Gasteiger partial charge in [0.2, 0.25) is 5.91 Å². The van der Waals surface area contributed by atoms with E-state index in [9.17, 15) is 43.9 Å². The lowest BCUT2D eigenvalue weighted by Crippen LogP contribution is -2.47. The molecule has 2 N–H and O–H groups in total. The molecule has 8 nitrogen and oxygen atoms in total. The molecule has 1 aliphatic rings. The summed E-state index contributed by atoms with van der Waals surface area (Å²) in [6, 6.07) is 16.8. The number of benzene rings is 3. The first-order valence-electron chi connectivity index (χ1n) is 14.4. The molecule has 1 aromatic heterocycles. The minimum atomic E-state index is -4.89. The van der Waals surface area contributed by atoms with Crippen LogP contribution < -0.4 is 15.0 Å². The van der Waals surface area contributed by atoms with E-state index < -0.39 is 63.4 Å². The third-order valence-corrected chi connectivity index (χ3v) is 8.42. The fourth-order valence-corrected chi connectivity index (χ4v) is 5.64. The number of nitrogens with zero attached hydrogens (tertiary/aromatic N) is 2. The van der Waals surface area contributed by atoms with Crippen molar-refractivity contribution in [1.82, 2.24) is 10.3 Å². The standard InChI is InChI=1S/C26H22F7N3O2.C7H8O3S/c1-24(2,15-7-12-22(34-14-15)25(28,29)30)35-20-13-21(18-5-3-4-6-19(18)27)36(23(20)37)16-8-10-17(11-9-16)38-26(31,32)33;1-6-2-4-7(5-3-6)11(8,9)10/h3-12,14,20-21,35H,13H2,1-2H3;2-5H,1H3,(H,8,9,10)/t20-,21-;/m0./s1. The van der Waals surface area contributed by atoms with Gasteiger partial charge in [0.25, 0.3) is 10.1 Å². The zero-order chi connectivity index (χ0) is 36.4. The second-order valence-electron chi connectivity index (χ2n) is 11.6. The Kier molecular flexibility index (Phi) is 10.8. The van der Waals surface area contributed by atoms with Crippen LogP contribution in [-0.2, 0) is 26.6 Å². The van der Waals surface area contributed by atoms with Gasteiger partial charge in [-0.3, -0.25) is 19.6 Å². The summed E-state index contributed by atoms with van der Waals surface area (Å²) in [6.07, 6.45) is -8.35. The van der Waals surface area contributed by atoms with Crippen molar-refractivity contribution in [3.63, 3.8) is 0 Å². The second kappa shape index (κ2) is 14.1. The summed E-state index contributed by atoms with van der Waals surface area (Å²) < 4.78 is 125. The number of alkyl halides is 6. The van der Waals surface area contributed by atoms with Crippen molar-refractivity contribution in [2.45, 2.75) is 62.2 Å². The molecule has 1 aliphatic heterocycles. The van der Waals surface area contributed by atoms with E-state index in [0.717, 1.165) is 30.0 Å². The number of aromatic nitrogens is 1. The summed E-state index contributed by atoms with van der Waals surface area (Å²) in [4.78, 5) is 18.3. The highest BCUT2D eigenvalue weighted by molar-refractivity contribution is 7.85. The Labute approximate surface area is 277 Å². The van der Waals surface area contributed by atoms with Gasteiger partial charge in [0.1, 0.15) is 17.3 Å². The van der Waals surface area contributed by atoms with Crippen LogP contribution in [0.3, 0.4) is 0 Å². The molecule has 2 heterocycles. The Morgan fingerprint density at radius 2 is 1.51 bits per heavy atom. The summed E-state index contributed by atoms with van der Waals surface area (Å²) >= 11 is 0. The summed E-state index contributed by atoms with van der Waals surface area (Å²) in [5, 5.41) is 3.13. The number of hydrogen-bond acceptors (Lipinski definition) is 6. The lowest BCUT2D eigenvalue weighted by atomic mass is 9.93. The minimum absolute atomic E-state index is 0.0666. The van der Waals surface area contributed by atoms with Gasteiger partial charge in [-0.15, -0.1) is 13.2 Å². The largest absolute Gasteiger partial charge is 0.573 e. The van der Waals surface area contributed by atoms with E-state index >= 15 is 0 Å². The minimum Gasteiger partial charge on any atom is -0.406 e. The zero-order valence-corrected chi connectivity index (χ0v) is 26.9. The van der Waals surface area contributed by atoms with Crippen LogP contribution in [0.2, 0.25) is 0 Å². The molecule has 1 saturated heterocycles. The summed E-state index contributed by atoms with van der Waals surface area (Å²) in [7, 11) is -4.02. The first-order chi connectivity index (χ1) is 22.7. The van der Waals surface area contributed by atoms with E-state index in [4.69, 9.17) is 4.55 Å². The highest BCUT2D eigenvalue weighted by Crippen LogP contribution is 2.40. The number of rotatable bonds is 7. The summed E-state index contributed by atoms with van der Waals surface area (Å²) in [6.45, 7) is 5.16. The molecule has 49 heavy (non-hydrogen) atoms. The molecule has 0 unspecified atom stereocenters. The Hall–Kier alpha value is -4.54. The molecular formula is C33H30F7N3O5S. The van der Waals surface area contributed by atoms with Crippen LogP contribution in [0.1, 0.15) is 48.7 Å². The molecule has 0 radical (unpaired) electrons. The smallest absolute Gasteiger partial charge is 0.406 e. The fraction of sp³-hybridized carbons (Fsp3) is 0.273. The zero-order valence-electron chi connectivity index (χ0n) is 26.1. The number of carbonyl (C=O) groups excluding carboxylic acids is 1. The first-order valence-corrected chi connectivity index (χ1v) is 15.9. The van der Waals surface area contributed by atoms with E-state index in [1.54, 1.807) is 32.0 Å². The fourth-order valence-electron chi connectivity index (χ4n) is 5.16. The predicted molar refractivity (Wildman–Crippen MR) is 165 cm³/mol. The van der Waals surface area contributed by atoms with Gasteiger partial charge in [0, 0.05) is 23.0 Å². The van der Waals surface area contributed by atoms with Crippen molar-refractivity contribution in [1.29, 1.82) is 0 Å². The van der Waals surface area contributed by atoms with Crippen molar-refractivity contribution in [3.05, 3.63) is 119 Å². The maximum atomic E-state index is 14.8. The van der Waals surface area contributed by atoms with E-state index in [0.29, 0.717) is 5.56 Å². The molecule has 5 rings (SSSR count). The Balaban J connectivity index is 0.000000418. The molecule has 262 valence electrons. The molecule has 2 atom stereocenters. The van der Waals surface area contributed by atoms with Crippen molar-refractivity contribution in [2.24, 2.45) is 0 Å². The molecule has 0 saturated carbocycles. The van der Waals surface area contributed by atoms with Crippen molar-refractivity contribution in [3.8, 4) is 5.75 Å². The molecule has 0 bridgehead atoms. The Morgan fingerprint density at radius 1 is 0.898 bits per heavy atom. The van der Waals surface area contributed by atoms with Crippen molar-refractivity contribution >= 4 is 21.7 Å². The van der Waals surface area contributed by atoms with Crippen LogP contribution in [0, 0.1) is 12.7 Å². The van der Waals surface area contributed by atoms with Gasteiger partial charge in [-0.2, -0.15) is 21.6 Å². The number of halogens is 7. The maximum absolute atomic E-state index is 14.8. The normalized spacial score (nSPS) is 17.0. The number of anilines is 1. The highest BCUT2D eigenvalue weighted by atomic mass is 32.2. The molecule has 4 aromatic rings. The summed E-state index contributed by atoms with van der Waals surface area (Å²) in [5.74, 6) is -1.55. The van der Waals surface area contributed by atoms with E-state index in [-0.39, 0.29) is 22.6 Å². The van der Waals surface area contributed by atoms with Gasteiger partial charge in [0.15, 0.2) is 0 Å². The molecular weight excluding hydrogens is 683 g/mol. The SMILES string of the molecule is CC(C)(N[C@H]1C[C@@H](c2ccccc2F)N(c2ccc(OC(F)(F)F)cc2)C1=O)c1ccc(C(F)(F)F)nc1.Cc1ccc(S(=O)(=O)O)cc1. The monoisotopic (exact) mass is 713 g/mol. The van der Waals surface area contributed by atoms with Crippen molar-refractivity contribution in [2.75, 3.05) is 4.90 Å². The maximum Gasteiger partial charge on any atom is 0.573 e. The molecule has 16 heteroatoms. The highest BCUT2D eigenvalue weighted by Gasteiger charge is 2.44. The predicted octanol–water partition coefficient (Wildman–Crippen LogP) is 7.75. The van der Waals surface area contributed by atoms with E-state index in [1.807, 2.05) is 6.92 Å². The molecule has 1 amide bonds. The van der Waals surface area contributed by atoms with Gasteiger partial charge >= 0.3 is 12.5 Å². The number of carbonyl (C=O) groups is 1. The molecule has 1 fully saturated rings. The Morgan fingerprint density at radius 3 is 2.02 bits per heavy atom. The quantitative estimate of drug-likeness (QED) is 0.149. The molecule has 0 spiro atoms. The molecule has 3 aromatic carbocycles. The van der Waals surface area contributed by atoms with Gasteiger partial charge in [-0.1, -0.05) is 42.0 Å². The van der Waals surface area contributed by atoms with Gasteiger partial charge < -0.3 is 9.64 Å². The number of ether oxygens (including phenoxy) is 1. The third kappa shape index (κ3) is 9.55. The van der Waals surface area contributed by atoms with Crippen LogP contribution in [0.5, 0.6) is 5.75 Å². The first kappa shape index (κ1) is 37.3. The van der Waals surface area contributed by atoms with Crippen LogP contribution in [0.25, 0.3) is 0 Å². The average molecular weight is 714 g/mol. The topological polar surface area (TPSA) is 109 Å². The van der Waals surface area contributed by atoms with Crippen LogP contribution >= 0.6 is 0 Å². The average Bonchev–Trinajstić information content (AvgIpc) is 3.31. The van der Waals surface area contributed by atoms with Gasteiger partial charge in [-0.25, -0.2) is 4.39 Å². The Bertz CT molecular complexity index is 1870. The number of amides is 1. The van der Waals surface area contributed by atoms with Gasteiger partial charge in [-0.05, 0) is 81.3 Å². The number of pyridine rings is 1. The second-order valence-corrected chi connectivity index (χ2v) is 13.0. The van der Waals surface area contributed by atoms with Gasteiger partial charge in [0.05, 0.1) is 17.0 Å². The van der Waals surface area contributed by atoms with Crippen molar-refractivity contribution < 1.29 is 53.2 Å². The lowest BCUT2D eigenvalue weighted by molar-refractivity contribution is -0.274. The van der Waals surface area contributed by atoms with Crippen LogP contribution in [0.15, 0.2) is 96.0 Å². The number of hydrogen-bond donors (Lipinski definition) is 2. The lowest BCUT2D eigenvalue weighted by Gasteiger charge is -2.30. The third-order valence-electron chi connectivity index (χ3n) is 7.55. The number of nitrogens with one attached hydrogen (secondary N) is 1. The van der Waals surface area contributed by atoms with E-state index in [2.05, 4.69) is 15.0 Å². The number of aryl methyl sites for hydroxylation is 1. The molecule has 0 aliphatic carbocycles. The summed E-state index contributed by atoms with van der Waals surface area (Å²) in [5.41, 5.74) is -0.314. The van der Waals surface area contributed by atoms with Crippen LogP contribution in [-0.4, -0.2) is 36.3 Å². The van der Waals surface area contributed by atoms with Crippen LogP contribution in [0.4, 0.5) is 36.4 Å².